The Morgan fingerprint density at radius 1 is 1.19 bits per heavy atom. The van der Waals surface area contributed by atoms with Gasteiger partial charge in [-0.15, -0.1) is 0 Å². The summed E-state index contributed by atoms with van der Waals surface area (Å²) in [6.07, 6.45) is 5.51. The van der Waals surface area contributed by atoms with Crippen LogP contribution in [0.15, 0.2) is 58.4 Å². The van der Waals surface area contributed by atoms with Crippen molar-refractivity contribution in [2.45, 2.75) is 6.54 Å². The molecule has 3 aromatic heterocycles. The smallest absolute Gasteiger partial charge is 0.289 e. The zero-order valence-electron chi connectivity index (χ0n) is 15.2. The molecule has 1 amide bonds. The first kappa shape index (κ1) is 17.1. The van der Waals surface area contributed by atoms with Crippen molar-refractivity contribution in [1.29, 1.82) is 0 Å². The van der Waals surface area contributed by atoms with E-state index < -0.39 is 0 Å². The van der Waals surface area contributed by atoms with Gasteiger partial charge in [0.2, 0.25) is 0 Å². The Morgan fingerprint density at radius 3 is 2.70 bits per heavy atom. The van der Waals surface area contributed by atoms with Crippen molar-refractivity contribution in [3.05, 3.63) is 60.4 Å². The highest BCUT2D eigenvalue weighted by atomic mass is 16.3. The van der Waals surface area contributed by atoms with Gasteiger partial charge in [-0.2, -0.15) is 0 Å². The van der Waals surface area contributed by atoms with Crippen LogP contribution < -0.4 is 5.32 Å². The van der Waals surface area contributed by atoms with Crippen LogP contribution in [0.4, 0.5) is 0 Å². The molecule has 1 aliphatic heterocycles. The number of aliphatic imine (C=N–C) groups is 1. The highest BCUT2D eigenvalue weighted by Crippen LogP contribution is 2.10. The van der Waals surface area contributed by atoms with Crippen LogP contribution in [0.1, 0.15) is 16.2 Å². The molecular formula is C19H22N6O2. The van der Waals surface area contributed by atoms with E-state index in [1.165, 1.54) is 6.26 Å². The van der Waals surface area contributed by atoms with Crippen LogP contribution in [0.2, 0.25) is 0 Å². The number of furan rings is 1. The summed E-state index contributed by atoms with van der Waals surface area (Å²) in [5.74, 6) is 1.14. The molecule has 0 aliphatic carbocycles. The minimum Gasteiger partial charge on any atom is -0.459 e. The Bertz CT molecular complexity index is 905. The van der Waals surface area contributed by atoms with E-state index in [1.807, 2.05) is 39.9 Å². The summed E-state index contributed by atoms with van der Waals surface area (Å²) >= 11 is 0. The maximum Gasteiger partial charge on any atom is 0.289 e. The topological polar surface area (TPSA) is 78.4 Å². The van der Waals surface area contributed by atoms with Gasteiger partial charge in [-0.25, -0.2) is 4.98 Å². The quantitative estimate of drug-likeness (QED) is 0.561. The van der Waals surface area contributed by atoms with Crippen molar-refractivity contribution in [3.8, 4) is 0 Å². The van der Waals surface area contributed by atoms with Crippen molar-refractivity contribution in [2.24, 2.45) is 4.99 Å². The lowest BCUT2D eigenvalue weighted by molar-refractivity contribution is 0.0657. The van der Waals surface area contributed by atoms with Gasteiger partial charge in [-0.3, -0.25) is 9.79 Å². The molecule has 1 aliphatic rings. The average Bonchev–Trinajstić information content (AvgIpc) is 3.38. The van der Waals surface area contributed by atoms with Gasteiger partial charge in [0, 0.05) is 45.6 Å². The number of carbonyl (C=O) groups excluding carboxylic acids is 1. The zero-order valence-corrected chi connectivity index (χ0v) is 15.2. The van der Waals surface area contributed by atoms with Crippen LogP contribution >= 0.6 is 0 Å². The van der Waals surface area contributed by atoms with Crippen molar-refractivity contribution in [1.82, 2.24) is 24.5 Å². The van der Waals surface area contributed by atoms with E-state index >= 15 is 0 Å². The molecule has 4 heterocycles. The lowest BCUT2D eigenvalue weighted by Crippen LogP contribution is -2.53. The normalized spacial score (nSPS) is 15.4. The third-order valence-electron chi connectivity index (χ3n) is 4.65. The SMILES string of the molecule is CN=C(NCc1cn2ccccc2n1)N1CCN(C(=O)c2ccco2)CC1. The Morgan fingerprint density at radius 2 is 2.00 bits per heavy atom. The molecule has 8 nitrogen and oxygen atoms in total. The number of rotatable bonds is 3. The Labute approximate surface area is 157 Å². The first-order valence-electron chi connectivity index (χ1n) is 8.95. The number of aromatic nitrogens is 2. The number of hydrogen-bond acceptors (Lipinski definition) is 4. The standard InChI is InChI=1S/C19H22N6O2/c1-20-19(21-13-15-14-25-7-3-2-6-17(25)22-15)24-10-8-23(9-11-24)18(26)16-5-4-12-27-16/h2-7,12,14H,8-11,13H2,1H3,(H,20,21). The molecule has 1 saturated heterocycles. The van der Waals surface area contributed by atoms with Gasteiger partial charge < -0.3 is 23.9 Å². The highest BCUT2D eigenvalue weighted by molar-refractivity contribution is 5.91. The number of amides is 1. The van der Waals surface area contributed by atoms with Gasteiger partial charge in [0.05, 0.1) is 18.5 Å². The summed E-state index contributed by atoms with van der Waals surface area (Å²) in [5.41, 5.74) is 1.88. The number of guanidine groups is 1. The predicted molar refractivity (Wildman–Crippen MR) is 102 cm³/mol. The van der Waals surface area contributed by atoms with Gasteiger partial charge in [0.15, 0.2) is 11.7 Å². The number of imidazole rings is 1. The molecule has 0 saturated carbocycles. The molecule has 4 rings (SSSR count). The molecule has 0 spiro atoms. The second kappa shape index (κ2) is 7.53. The Hall–Kier alpha value is -3.29. The lowest BCUT2D eigenvalue weighted by atomic mass is 10.3. The molecular weight excluding hydrogens is 344 g/mol. The Balaban J connectivity index is 1.33. The molecule has 1 N–H and O–H groups in total. The van der Waals surface area contributed by atoms with E-state index in [0.717, 1.165) is 30.4 Å². The fourth-order valence-electron chi connectivity index (χ4n) is 3.25. The van der Waals surface area contributed by atoms with Gasteiger partial charge in [0.25, 0.3) is 5.91 Å². The third-order valence-corrected chi connectivity index (χ3v) is 4.65. The third kappa shape index (κ3) is 3.64. The zero-order chi connectivity index (χ0) is 18.6. The summed E-state index contributed by atoms with van der Waals surface area (Å²) < 4.78 is 7.21. The number of carbonyl (C=O) groups is 1. The van der Waals surface area contributed by atoms with Gasteiger partial charge in [-0.1, -0.05) is 6.07 Å². The fourth-order valence-corrected chi connectivity index (χ4v) is 3.25. The minimum absolute atomic E-state index is 0.0627. The molecule has 0 atom stereocenters. The van der Waals surface area contributed by atoms with Gasteiger partial charge >= 0.3 is 0 Å². The first-order valence-corrected chi connectivity index (χ1v) is 8.95. The summed E-state index contributed by atoms with van der Waals surface area (Å²) in [6.45, 7) is 3.30. The second-order valence-corrected chi connectivity index (χ2v) is 6.36. The molecule has 1 fully saturated rings. The predicted octanol–water partition coefficient (Wildman–Crippen LogP) is 1.46. The van der Waals surface area contributed by atoms with Crippen LogP contribution in [-0.4, -0.2) is 64.3 Å². The molecule has 8 heteroatoms. The number of pyridine rings is 1. The van der Waals surface area contributed by atoms with E-state index in [2.05, 4.69) is 20.2 Å². The molecule has 140 valence electrons. The molecule has 0 unspecified atom stereocenters. The van der Waals surface area contributed by atoms with Gasteiger partial charge in [-0.05, 0) is 24.3 Å². The molecule has 27 heavy (non-hydrogen) atoms. The monoisotopic (exact) mass is 366 g/mol. The molecule has 0 aromatic carbocycles. The van der Waals surface area contributed by atoms with Crippen molar-refractivity contribution < 1.29 is 9.21 Å². The number of piperazine rings is 1. The van der Waals surface area contributed by atoms with E-state index in [-0.39, 0.29) is 5.91 Å². The minimum atomic E-state index is -0.0627. The largest absolute Gasteiger partial charge is 0.459 e. The van der Waals surface area contributed by atoms with E-state index in [4.69, 9.17) is 4.42 Å². The van der Waals surface area contributed by atoms with Crippen molar-refractivity contribution >= 4 is 17.5 Å². The maximum atomic E-state index is 12.4. The lowest BCUT2D eigenvalue weighted by Gasteiger charge is -2.36. The van der Waals surface area contributed by atoms with E-state index in [1.54, 1.807) is 19.2 Å². The number of nitrogens with one attached hydrogen (secondary N) is 1. The van der Waals surface area contributed by atoms with E-state index in [0.29, 0.717) is 25.4 Å². The average molecular weight is 366 g/mol. The number of fused-ring (bicyclic) bond motifs is 1. The highest BCUT2D eigenvalue weighted by Gasteiger charge is 2.25. The second-order valence-electron chi connectivity index (χ2n) is 6.36. The van der Waals surface area contributed by atoms with Crippen molar-refractivity contribution in [2.75, 3.05) is 33.2 Å². The van der Waals surface area contributed by atoms with Crippen LogP contribution in [0.3, 0.4) is 0 Å². The number of nitrogens with zero attached hydrogens (tertiary/aromatic N) is 5. The summed E-state index contributed by atoms with van der Waals surface area (Å²) in [5, 5.41) is 3.37. The van der Waals surface area contributed by atoms with E-state index in [9.17, 15) is 4.79 Å². The number of hydrogen-bond donors (Lipinski definition) is 1. The first-order chi connectivity index (χ1) is 13.2. The molecule has 0 radical (unpaired) electrons. The van der Waals surface area contributed by atoms with Crippen LogP contribution in [0.5, 0.6) is 0 Å². The van der Waals surface area contributed by atoms with Crippen LogP contribution in [0, 0.1) is 0 Å². The van der Waals surface area contributed by atoms with Crippen molar-refractivity contribution in [3.63, 3.8) is 0 Å². The summed E-state index contributed by atoms with van der Waals surface area (Å²) in [6, 6.07) is 9.36. The van der Waals surface area contributed by atoms with Crippen LogP contribution in [0.25, 0.3) is 5.65 Å². The maximum absolute atomic E-state index is 12.4. The summed E-state index contributed by atoms with van der Waals surface area (Å²) in [4.78, 5) is 25.3. The van der Waals surface area contributed by atoms with Gasteiger partial charge in [0.1, 0.15) is 5.65 Å². The summed E-state index contributed by atoms with van der Waals surface area (Å²) in [7, 11) is 1.77. The molecule has 0 bridgehead atoms. The van der Waals surface area contributed by atoms with Crippen LogP contribution in [-0.2, 0) is 6.54 Å². The molecule has 3 aromatic rings. The Kier molecular flexibility index (Phi) is 4.78. The fraction of sp³-hybridized carbons (Fsp3) is 0.316.